The molecule has 0 amide bonds. The molecule has 2 unspecified atom stereocenters. The lowest BCUT2D eigenvalue weighted by Crippen LogP contribution is -2.31. The van der Waals surface area contributed by atoms with E-state index in [9.17, 15) is 4.39 Å². The van der Waals surface area contributed by atoms with Crippen LogP contribution in [-0.4, -0.2) is 39.0 Å². The number of H-pyrrole nitrogens is 1. The molecule has 2 aliphatic rings. The Kier molecular flexibility index (Phi) is 2.65. The largest absolute Gasteiger partial charge is 0.352 e. The summed E-state index contributed by atoms with van der Waals surface area (Å²) in [4.78, 5) is 14.6. The van der Waals surface area contributed by atoms with Crippen molar-refractivity contribution in [2.24, 2.45) is 5.92 Å². The van der Waals surface area contributed by atoms with Crippen molar-refractivity contribution >= 4 is 39.5 Å². The van der Waals surface area contributed by atoms with E-state index in [1.807, 2.05) is 17.8 Å². The van der Waals surface area contributed by atoms with Crippen LogP contribution in [0.5, 0.6) is 0 Å². The van der Waals surface area contributed by atoms with Gasteiger partial charge in [0.2, 0.25) is 0 Å². The molecule has 0 aliphatic carbocycles. The second-order valence-electron chi connectivity index (χ2n) is 6.18. The molecule has 2 saturated heterocycles. The van der Waals surface area contributed by atoms with Crippen molar-refractivity contribution in [2.75, 3.05) is 23.0 Å². The van der Waals surface area contributed by atoms with Crippen LogP contribution in [0, 0.1) is 11.7 Å². The van der Waals surface area contributed by atoms with Gasteiger partial charge in [-0.3, -0.25) is 0 Å². The number of fused-ring (bicyclic) bond motifs is 5. The second-order valence-corrected chi connectivity index (χ2v) is 7.26. The van der Waals surface area contributed by atoms with Gasteiger partial charge in [-0.2, -0.15) is 11.8 Å². The number of aromatic nitrogens is 3. The predicted molar refractivity (Wildman–Crippen MR) is 87.9 cm³/mol. The van der Waals surface area contributed by atoms with E-state index < -0.39 is 0 Å². The van der Waals surface area contributed by atoms with E-state index in [0.29, 0.717) is 6.04 Å². The van der Waals surface area contributed by atoms with E-state index >= 15 is 0 Å². The summed E-state index contributed by atoms with van der Waals surface area (Å²) in [5, 5.41) is 2.02. The van der Waals surface area contributed by atoms with Crippen molar-refractivity contribution in [3.63, 3.8) is 0 Å². The summed E-state index contributed by atoms with van der Waals surface area (Å²) < 4.78 is 13.5. The maximum atomic E-state index is 13.5. The molecule has 4 heterocycles. The number of hydrogen-bond donors (Lipinski definition) is 1. The third kappa shape index (κ3) is 1.76. The Morgan fingerprint density at radius 1 is 1.27 bits per heavy atom. The van der Waals surface area contributed by atoms with Crippen molar-refractivity contribution in [3.8, 4) is 0 Å². The van der Waals surface area contributed by atoms with Gasteiger partial charge in [0.15, 0.2) is 0 Å². The lowest BCUT2D eigenvalue weighted by atomic mass is 10.1. The van der Waals surface area contributed by atoms with E-state index in [2.05, 4.69) is 19.9 Å². The van der Waals surface area contributed by atoms with Crippen LogP contribution in [0.4, 0.5) is 10.2 Å². The molecule has 2 bridgehead atoms. The Balaban J connectivity index is 1.75. The highest BCUT2D eigenvalue weighted by molar-refractivity contribution is 7.99. The van der Waals surface area contributed by atoms with Gasteiger partial charge in [0.05, 0.1) is 10.9 Å². The number of rotatable bonds is 1. The molecule has 0 saturated carbocycles. The summed E-state index contributed by atoms with van der Waals surface area (Å²) in [6.07, 6.45) is 2.87. The molecule has 2 fully saturated rings. The fourth-order valence-corrected chi connectivity index (χ4v) is 5.12. The number of nitrogens with zero attached hydrogens (tertiary/aromatic N) is 3. The first kappa shape index (κ1) is 12.7. The van der Waals surface area contributed by atoms with Gasteiger partial charge in [0.1, 0.15) is 23.6 Å². The first-order valence-corrected chi connectivity index (χ1v) is 8.71. The summed E-state index contributed by atoms with van der Waals surface area (Å²) in [7, 11) is 0. The average Bonchev–Trinajstić information content (AvgIpc) is 3.03. The first-order chi connectivity index (χ1) is 10.8. The van der Waals surface area contributed by atoms with Crippen LogP contribution >= 0.6 is 11.8 Å². The van der Waals surface area contributed by atoms with Crippen LogP contribution in [0.1, 0.15) is 6.42 Å². The molecule has 2 aromatic heterocycles. The monoisotopic (exact) mass is 314 g/mol. The topological polar surface area (TPSA) is 44.8 Å². The molecular weight excluding hydrogens is 299 g/mol. The van der Waals surface area contributed by atoms with Gasteiger partial charge in [-0.05, 0) is 36.3 Å². The molecule has 0 radical (unpaired) electrons. The SMILES string of the molecule is Fc1ccc2c(c1)[nH]c1ncnc(N3CC4CSCC3C4)c12. The molecule has 3 aromatic rings. The van der Waals surface area contributed by atoms with E-state index in [0.717, 1.165) is 40.2 Å². The van der Waals surface area contributed by atoms with Gasteiger partial charge in [-0.15, -0.1) is 0 Å². The molecule has 22 heavy (non-hydrogen) atoms. The molecule has 2 aliphatic heterocycles. The summed E-state index contributed by atoms with van der Waals surface area (Å²) in [6.45, 7) is 1.07. The Labute approximate surface area is 131 Å². The highest BCUT2D eigenvalue weighted by Gasteiger charge is 2.37. The predicted octanol–water partition coefficient (Wildman–Crippen LogP) is 3.19. The number of halogens is 1. The second kappa shape index (κ2) is 4.59. The molecule has 2 atom stereocenters. The van der Waals surface area contributed by atoms with Gasteiger partial charge in [0.25, 0.3) is 0 Å². The lowest BCUT2D eigenvalue weighted by Gasteiger charge is -2.25. The number of hydrogen-bond acceptors (Lipinski definition) is 4. The highest BCUT2D eigenvalue weighted by atomic mass is 32.2. The minimum absolute atomic E-state index is 0.234. The molecule has 1 N–H and O–H groups in total. The van der Waals surface area contributed by atoms with Crippen molar-refractivity contribution in [1.82, 2.24) is 15.0 Å². The molecular formula is C16H15FN4S. The maximum absolute atomic E-state index is 13.5. The van der Waals surface area contributed by atoms with Crippen molar-refractivity contribution in [2.45, 2.75) is 12.5 Å². The van der Waals surface area contributed by atoms with Crippen LogP contribution < -0.4 is 4.90 Å². The number of anilines is 1. The van der Waals surface area contributed by atoms with Crippen LogP contribution in [0.2, 0.25) is 0 Å². The van der Waals surface area contributed by atoms with Gasteiger partial charge < -0.3 is 9.88 Å². The Hall–Kier alpha value is -1.82. The van der Waals surface area contributed by atoms with Crippen molar-refractivity contribution < 1.29 is 4.39 Å². The number of nitrogens with one attached hydrogen (secondary N) is 1. The van der Waals surface area contributed by atoms with Crippen molar-refractivity contribution in [1.29, 1.82) is 0 Å². The van der Waals surface area contributed by atoms with Gasteiger partial charge >= 0.3 is 0 Å². The standard InChI is InChI=1S/C16H15FN4S/c17-10-1-2-12-13(4-10)20-15-14(12)16(19-8-18-15)21-5-9-3-11(21)7-22-6-9/h1-2,4,8-9,11H,3,5-7H2,(H,18,19,20). The Morgan fingerprint density at radius 2 is 2.23 bits per heavy atom. The smallest absolute Gasteiger partial charge is 0.143 e. The van der Waals surface area contributed by atoms with E-state index in [1.54, 1.807) is 6.33 Å². The van der Waals surface area contributed by atoms with E-state index in [4.69, 9.17) is 0 Å². The third-order valence-corrected chi connectivity index (χ3v) is 6.10. The zero-order chi connectivity index (χ0) is 14.7. The zero-order valence-corrected chi connectivity index (χ0v) is 12.7. The van der Waals surface area contributed by atoms with Crippen molar-refractivity contribution in [3.05, 3.63) is 30.3 Å². The van der Waals surface area contributed by atoms with Gasteiger partial charge in [-0.1, -0.05) is 0 Å². The number of aromatic amines is 1. The van der Waals surface area contributed by atoms with Crippen LogP contribution in [0.3, 0.4) is 0 Å². The van der Waals surface area contributed by atoms with Gasteiger partial charge in [-0.25, -0.2) is 14.4 Å². The summed E-state index contributed by atoms with van der Waals surface area (Å²) in [5.41, 5.74) is 1.58. The summed E-state index contributed by atoms with van der Waals surface area (Å²) in [5.74, 6) is 3.94. The Bertz CT molecular complexity index is 877. The molecule has 0 spiro atoms. The summed E-state index contributed by atoms with van der Waals surface area (Å²) in [6, 6.07) is 5.42. The van der Waals surface area contributed by atoms with E-state index in [1.165, 1.54) is 30.1 Å². The zero-order valence-electron chi connectivity index (χ0n) is 11.9. The summed E-state index contributed by atoms with van der Waals surface area (Å²) >= 11 is 2.04. The Morgan fingerprint density at radius 3 is 3.14 bits per heavy atom. The lowest BCUT2D eigenvalue weighted by molar-refractivity contribution is 0.621. The third-order valence-electron chi connectivity index (χ3n) is 4.77. The maximum Gasteiger partial charge on any atom is 0.143 e. The number of benzene rings is 1. The minimum Gasteiger partial charge on any atom is -0.352 e. The van der Waals surface area contributed by atoms with Crippen LogP contribution in [-0.2, 0) is 0 Å². The fourth-order valence-electron chi connectivity index (χ4n) is 3.82. The van der Waals surface area contributed by atoms with E-state index in [-0.39, 0.29) is 5.82 Å². The number of thioether (sulfide) groups is 1. The molecule has 5 rings (SSSR count). The molecule has 4 nitrogen and oxygen atoms in total. The normalized spacial score (nSPS) is 24.5. The van der Waals surface area contributed by atoms with Gasteiger partial charge in [0, 0.05) is 23.7 Å². The quantitative estimate of drug-likeness (QED) is 0.749. The van der Waals surface area contributed by atoms with Crippen LogP contribution in [0.25, 0.3) is 21.9 Å². The average molecular weight is 314 g/mol. The fraction of sp³-hybridized carbons (Fsp3) is 0.375. The molecule has 1 aromatic carbocycles. The molecule has 6 heteroatoms. The molecule has 112 valence electrons. The van der Waals surface area contributed by atoms with Crippen LogP contribution in [0.15, 0.2) is 24.5 Å². The first-order valence-electron chi connectivity index (χ1n) is 7.56. The highest BCUT2D eigenvalue weighted by Crippen LogP contribution is 2.40. The minimum atomic E-state index is -0.234.